The zero-order valence-electron chi connectivity index (χ0n) is 13.2. The van der Waals surface area contributed by atoms with Crippen molar-refractivity contribution in [2.45, 2.75) is 6.42 Å². The summed E-state index contributed by atoms with van der Waals surface area (Å²) in [6, 6.07) is 5.82. The van der Waals surface area contributed by atoms with Gasteiger partial charge in [0.15, 0.2) is 0 Å². The lowest BCUT2D eigenvalue weighted by Crippen LogP contribution is -2.40. The molecule has 2 saturated carbocycles. The summed E-state index contributed by atoms with van der Waals surface area (Å²) in [5, 5.41) is 15.8. The fourth-order valence-corrected chi connectivity index (χ4v) is 4.86. The molecular weight excluding hydrogens is 322 g/mol. The molecule has 0 spiro atoms. The number of nitro groups is 1. The van der Waals surface area contributed by atoms with Gasteiger partial charge in [-0.15, -0.1) is 0 Å². The van der Waals surface area contributed by atoms with Crippen LogP contribution < -0.4 is 0 Å². The summed E-state index contributed by atoms with van der Waals surface area (Å²) in [4.78, 5) is 35.7. The highest BCUT2D eigenvalue weighted by Crippen LogP contribution is 2.65. The van der Waals surface area contributed by atoms with Crippen LogP contribution >= 0.6 is 0 Å². The first-order chi connectivity index (χ1) is 12.1. The Morgan fingerprint density at radius 2 is 1.60 bits per heavy atom. The SMILES string of the molecule is O=C1[C@H]2[C@@H]3C=C[C@H]([C@@H]4C[C@H]34)[C@@H]2C(=O)N1/N=C\c1ccc([N+](=O)[O-])cc1. The second-order valence-corrected chi connectivity index (χ2v) is 7.24. The first kappa shape index (κ1) is 14.5. The van der Waals surface area contributed by atoms with Crippen LogP contribution in [0.2, 0.25) is 0 Å². The smallest absolute Gasteiger partial charge is 0.269 e. The molecule has 6 atom stereocenters. The van der Waals surface area contributed by atoms with Crippen molar-refractivity contribution in [1.29, 1.82) is 0 Å². The first-order valence-electron chi connectivity index (χ1n) is 8.41. The van der Waals surface area contributed by atoms with Crippen molar-refractivity contribution in [2.75, 3.05) is 0 Å². The van der Waals surface area contributed by atoms with Crippen LogP contribution in [0.15, 0.2) is 41.5 Å². The molecule has 4 aliphatic carbocycles. The fraction of sp³-hybridized carbons (Fsp3) is 0.389. The number of hydrazone groups is 1. The number of nitrogens with zero attached hydrogens (tertiary/aromatic N) is 3. The van der Waals surface area contributed by atoms with Crippen LogP contribution in [-0.4, -0.2) is 28.0 Å². The average molecular weight is 337 g/mol. The molecule has 0 radical (unpaired) electrons. The van der Waals surface area contributed by atoms with Gasteiger partial charge in [0.1, 0.15) is 0 Å². The van der Waals surface area contributed by atoms with Crippen molar-refractivity contribution in [3.8, 4) is 0 Å². The summed E-state index contributed by atoms with van der Waals surface area (Å²) >= 11 is 0. The summed E-state index contributed by atoms with van der Waals surface area (Å²) in [7, 11) is 0. The largest absolute Gasteiger partial charge is 0.272 e. The van der Waals surface area contributed by atoms with Gasteiger partial charge in [-0.3, -0.25) is 19.7 Å². The molecule has 25 heavy (non-hydrogen) atoms. The Morgan fingerprint density at radius 3 is 2.12 bits per heavy atom. The maximum atomic E-state index is 12.7. The van der Waals surface area contributed by atoms with Crippen molar-refractivity contribution < 1.29 is 14.5 Å². The van der Waals surface area contributed by atoms with Crippen LogP contribution in [0.5, 0.6) is 0 Å². The van der Waals surface area contributed by atoms with E-state index >= 15 is 0 Å². The number of benzene rings is 1. The average Bonchev–Trinajstić information content (AvgIpc) is 3.39. The lowest BCUT2D eigenvalue weighted by Gasteiger charge is -2.37. The molecule has 126 valence electrons. The van der Waals surface area contributed by atoms with E-state index in [2.05, 4.69) is 17.3 Å². The minimum atomic E-state index is -0.479. The zero-order chi connectivity index (χ0) is 17.3. The van der Waals surface area contributed by atoms with E-state index < -0.39 is 4.92 Å². The third-order valence-corrected chi connectivity index (χ3v) is 6.07. The Hall–Kier alpha value is -2.83. The second kappa shape index (κ2) is 4.84. The zero-order valence-corrected chi connectivity index (χ0v) is 13.2. The molecular formula is C18H15N3O4. The molecule has 1 aromatic rings. The molecule has 2 bridgehead atoms. The van der Waals surface area contributed by atoms with E-state index in [0.29, 0.717) is 17.4 Å². The molecule has 2 amide bonds. The molecule has 6 rings (SSSR count). The molecule has 0 aromatic heterocycles. The van der Waals surface area contributed by atoms with Gasteiger partial charge in [0.05, 0.1) is 23.0 Å². The van der Waals surface area contributed by atoms with E-state index in [-0.39, 0.29) is 41.2 Å². The van der Waals surface area contributed by atoms with E-state index in [0.717, 1.165) is 11.4 Å². The highest BCUT2D eigenvalue weighted by Gasteiger charge is 2.67. The Bertz CT molecular complexity index is 824. The molecule has 1 saturated heterocycles. The molecule has 7 heteroatoms. The lowest BCUT2D eigenvalue weighted by atomic mass is 9.63. The van der Waals surface area contributed by atoms with Crippen molar-refractivity contribution in [1.82, 2.24) is 5.01 Å². The molecule has 1 heterocycles. The number of imide groups is 1. The number of nitro benzene ring substituents is 1. The third-order valence-electron chi connectivity index (χ3n) is 6.07. The molecule has 1 aliphatic heterocycles. The van der Waals surface area contributed by atoms with Crippen LogP contribution in [0, 0.1) is 45.6 Å². The number of non-ortho nitro benzene ring substituents is 1. The maximum absolute atomic E-state index is 12.7. The summed E-state index contributed by atoms with van der Waals surface area (Å²) in [6.07, 6.45) is 6.78. The minimum Gasteiger partial charge on any atom is -0.272 e. The normalized spacial score (nSPS) is 37.5. The number of amides is 2. The summed E-state index contributed by atoms with van der Waals surface area (Å²) in [6.45, 7) is 0. The third kappa shape index (κ3) is 1.95. The maximum Gasteiger partial charge on any atom is 0.269 e. The van der Waals surface area contributed by atoms with Crippen molar-refractivity contribution >= 4 is 23.7 Å². The van der Waals surface area contributed by atoms with Gasteiger partial charge in [0.25, 0.3) is 17.5 Å². The van der Waals surface area contributed by atoms with Gasteiger partial charge < -0.3 is 0 Å². The topological polar surface area (TPSA) is 92.9 Å². The van der Waals surface area contributed by atoms with Gasteiger partial charge in [-0.2, -0.15) is 10.1 Å². The van der Waals surface area contributed by atoms with Gasteiger partial charge in [0, 0.05) is 12.1 Å². The molecule has 0 N–H and O–H groups in total. The van der Waals surface area contributed by atoms with E-state index in [9.17, 15) is 19.7 Å². The van der Waals surface area contributed by atoms with Crippen LogP contribution in [0.3, 0.4) is 0 Å². The Kier molecular flexibility index (Phi) is 2.81. The Morgan fingerprint density at radius 1 is 1.04 bits per heavy atom. The van der Waals surface area contributed by atoms with Crippen LogP contribution in [0.4, 0.5) is 5.69 Å². The number of hydrogen-bond acceptors (Lipinski definition) is 5. The number of hydrogen-bond donors (Lipinski definition) is 0. The second-order valence-electron chi connectivity index (χ2n) is 7.24. The van der Waals surface area contributed by atoms with Gasteiger partial charge in [-0.05, 0) is 47.8 Å². The standard InChI is InChI=1S/C18H15N3O4/c22-17-15-11-5-6-12(14-7-13(11)14)16(15)18(23)20(17)19-8-9-1-3-10(4-2-9)21(24)25/h1-6,8,11-16H,7H2/b19-8-/t11-,12-,13-,14+,15+,16+/m1/s1. The van der Waals surface area contributed by atoms with Crippen molar-refractivity contribution in [2.24, 2.45) is 40.6 Å². The quantitative estimate of drug-likeness (QED) is 0.277. The number of rotatable bonds is 3. The number of allylic oxidation sites excluding steroid dienone is 2. The fourth-order valence-electron chi connectivity index (χ4n) is 4.86. The molecule has 5 aliphatic rings. The molecule has 0 unspecified atom stereocenters. The number of carbonyl (C=O) groups excluding carboxylic acids is 2. The van der Waals surface area contributed by atoms with Gasteiger partial charge in [-0.25, -0.2) is 0 Å². The molecule has 7 nitrogen and oxygen atoms in total. The molecule has 3 fully saturated rings. The van der Waals surface area contributed by atoms with Crippen molar-refractivity contribution in [3.63, 3.8) is 0 Å². The monoisotopic (exact) mass is 337 g/mol. The predicted octanol–water partition coefficient (Wildman–Crippen LogP) is 1.98. The number of carbonyl (C=O) groups is 2. The van der Waals surface area contributed by atoms with Crippen LogP contribution in [0.1, 0.15) is 12.0 Å². The Labute approximate surface area is 143 Å². The van der Waals surface area contributed by atoms with Crippen molar-refractivity contribution in [3.05, 3.63) is 52.1 Å². The Balaban J connectivity index is 1.39. The van der Waals surface area contributed by atoms with Crippen LogP contribution in [-0.2, 0) is 9.59 Å². The molecule has 1 aromatic carbocycles. The summed E-state index contributed by atoms with van der Waals surface area (Å²) in [5.41, 5.74) is 0.586. The summed E-state index contributed by atoms with van der Waals surface area (Å²) in [5.74, 6) is 0.529. The first-order valence-corrected chi connectivity index (χ1v) is 8.41. The lowest BCUT2D eigenvalue weighted by molar-refractivity contribution is -0.384. The van der Waals surface area contributed by atoms with E-state index in [1.54, 1.807) is 12.1 Å². The van der Waals surface area contributed by atoms with Gasteiger partial charge in [0.2, 0.25) is 0 Å². The van der Waals surface area contributed by atoms with E-state index in [4.69, 9.17) is 0 Å². The van der Waals surface area contributed by atoms with Gasteiger partial charge >= 0.3 is 0 Å². The van der Waals surface area contributed by atoms with Crippen LogP contribution in [0.25, 0.3) is 0 Å². The minimum absolute atomic E-state index is 0.0154. The van der Waals surface area contributed by atoms with Gasteiger partial charge in [-0.1, -0.05) is 12.2 Å². The predicted molar refractivity (Wildman–Crippen MR) is 87.2 cm³/mol. The van der Waals surface area contributed by atoms with E-state index in [1.165, 1.54) is 18.3 Å². The highest BCUT2D eigenvalue weighted by molar-refractivity contribution is 6.06. The van der Waals surface area contributed by atoms with E-state index in [1.807, 2.05) is 0 Å². The highest BCUT2D eigenvalue weighted by atomic mass is 16.6. The summed E-state index contributed by atoms with van der Waals surface area (Å²) < 4.78 is 0.